The first-order valence-electron chi connectivity index (χ1n) is 14.9. The van der Waals surface area contributed by atoms with Crippen molar-refractivity contribution in [2.45, 2.75) is 52.4 Å². The Labute approximate surface area is 255 Å². The van der Waals surface area contributed by atoms with Crippen LogP contribution < -0.4 is 9.47 Å². The minimum Gasteiger partial charge on any atom is -0.494 e. The number of thiophene rings is 1. The Bertz CT molecular complexity index is 1620. The number of hydrogen-bond donors (Lipinski definition) is 0. The average Bonchev–Trinajstić information content (AvgIpc) is 3.40. The van der Waals surface area contributed by atoms with Crippen LogP contribution in [0.4, 0.5) is 4.39 Å². The molecule has 8 heteroatoms. The molecule has 1 saturated heterocycles. The number of ether oxygens (including phenoxy) is 2. The summed E-state index contributed by atoms with van der Waals surface area (Å²) in [7, 11) is 0. The topological polar surface area (TPSA) is 72.9 Å². The molecule has 43 heavy (non-hydrogen) atoms. The minimum atomic E-state index is -0.691. The molecule has 0 radical (unpaired) electrons. The van der Waals surface area contributed by atoms with Crippen LogP contribution in [0.1, 0.15) is 78.7 Å². The summed E-state index contributed by atoms with van der Waals surface area (Å²) in [4.78, 5) is 41.0. The molecule has 1 aromatic heterocycles. The number of piperidine rings is 1. The molecule has 4 aromatic rings. The number of likely N-dealkylation sites (tertiary alicyclic amines) is 1. The highest BCUT2D eigenvalue weighted by Crippen LogP contribution is 2.41. The number of hydrogen-bond acceptors (Lipinski definition) is 7. The van der Waals surface area contributed by atoms with Gasteiger partial charge < -0.3 is 14.4 Å². The fourth-order valence-electron chi connectivity index (χ4n) is 5.35. The summed E-state index contributed by atoms with van der Waals surface area (Å²) in [6.07, 6.45) is 5.59. The summed E-state index contributed by atoms with van der Waals surface area (Å²) in [6.45, 7) is 7.29. The van der Waals surface area contributed by atoms with E-state index in [-0.39, 0.29) is 23.7 Å². The van der Waals surface area contributed by atoms with Crippen LogP contribution >= 0.6 is 11.3 Å². The predicted molar refractivity (Wildman–Crippen MR) is 168 cm³/mol. The van der Waals surface area contributed by atoms with Crippen LogP contribution in [0.2, 0.25) is 0 Å². The van der Waals surface area contributed by atoms with Crippen molar-refractivity contribution in [3.8, 4) is 21.9 Å². The molecule has 0 bridgehead atoms. The standard InChI is InChI=1S/C35H36FNO5S/c1-3-8-32(39)42-30-16-12-26(21-29(30)36)35-33(28-15-11-25(23(2)38)22-31(28)43-35)34(40)24-9-13-27(14-10-24)41-20-7-19-37-17-5-4-6-18-37/h9-16,21-22H,3-8,17-20H2,1-2H3. The lowest BCUT2D eigenvalue weighted by molar-refractivity contribution is -0.134. The van der Waals surface area contributed by atoms with Crippen molar-refractivity contribution in [3.63, 3.8) is 0 Å². The number of halogens is 1. The molecule has 0 saturated carbocycles. The first-order valence-corrected chi connectivity index (χ1v) is 15.7. The summed E-state index contributed by atoms with van der Waals surface area (Å²) in [5.41, 5.74) is 1.92. The molecule has 6 nitrogen and oxygen atoms in total. The largest absolute Gasteiger partial charge is 0.494 e. The van der Waals surface area contributed by atoms with Crippen molar-refractivity contribution in [2.24, 2.45) is 0 Å². The molecule has 1 aliphatic heterocycles. The third-order valence-electron chi connectivity index (χ3n) is 7.65. The highest BCUT2D eigenvalue weighted by atomic mass is 32.1. The monoisotopic (exact) mass is 601 g/mol. The number of esters is 1. The van der Waals surface area contributed by atoms with Crippen molar-refractivity contribution in [1.82, 2.24) is 4.90 Å². The molecule has 224 valence electrons. The lowest BCUT2D eigenvalue weighted by atomic mass is 9.96. The van der Waals surface area contributed by atoms with Gasteiger partial charge >= 0.3 is 5.97 Å². The first-order chi connectivity index (χ1) is 20.8. The maximum Gasteiger partial charge on any atom is 0.311 e. The number of Topliss-reactive ketones (excluding diaryl/α,β-unsaturated/α-hetero) is 1. The van der Waals surface area contributed by atoms with E-state index in [0.717, 1.165) is 30.8 Å². The van der Waals surface area contributed by atoms with Crippen molar-refractivity contribution in [3.05, 3.63) is 83.2 Å². The number of benzene rings is 3. The van der Waals surface area contributed by atoms with E-state index in [1.807, 2.05) is 6.92 Å². The molecule has 5 rings (SSSR count). The van der Waals surface area contributed by atoms with E-state index in [9.17, 15) is 14.4 Å². The van der Waals surface area contributed by atoms with Gasteiger partial charge in [-0.15, -0.1) is 11.3 Å². The van der Waals surface area contributed by atoms with Gasteiger partial charge in [-0.3, -0.25) is 14.4 Å². The number of fused-ring (bicyclic) bond motifs is 1. The first kappa shape index (κ1) is 30.6. The molecule has 0 N–H and O–H groups in total. The molecule has 0 atom stereocenters. The van der Waals surface area contributed by atoms with E-state index in [4.69, 9.17) is 9.47 Å². The Balaban J connectivity index is 1.39. The summed E-state index contributed by atoms with van der Waals surface area (Å²) >= 11 is 1.32. The summed E-state index contributed by atoms with van der Waals surface area (Å²) in [5.74, 6) is -0.941. The third-order valence-corrected chi connectivity index (χ3v) is 8.85. The summed E-state index contributed by atoms with van der Waals surface area (Å²) < 4.78 is 26.9. The molecular formula is C35H36FNO5S. The maximum atomic E-state index is 15.1. The molecule has 0 spiro atoms. The maximum absolute atomic E-state index is 15.1. The fraction of sp³-hybridized carbons (Fsp3) is 0.343. The third kappa shape index (κ3) is 7.37. The van der Waals surface area contributed by atoms with Crippen molar-refractivity contribution >= 4 is 39.0 Å². The Kier molecular flexibility index (Phi) is 10.00. The molecule has 3 aromatic carbocycles. The van der Waals surface area contributed by atoms with Crippen LogP contribution in [0.3, 0.4) is 0 Å². The zero-order chi connectivity index (χ0) is 30.3. The van der Waals surface area contributed by atoms with Gasteiger partial charge in [0, 0.05) is 44.6 Å². The Morgan fingerprint density at radius 3 is 2.37 bits per heavy atom. The number of ketones is 2. The van der Waals surface area contributed by atoms with E-state index in [2.05, 4.69) is 4.90 Å². The Hall–Kier alpha value is -3.88. The van der Waals surface area contributed by atoms with Crippen LogP contribution in [0, 0.1) is 5.82 Å². The number of carbonyl (C=O) groups is 3. The molecule has 0 unspecified atom stereocenters. The Morgan fingerprint density at radius 1 is 0.930 bits per heavy atom. The number of nitrogens with zero attached hydrogens (tertiary/aromatic N) is 1. The number of carbonyl (C=O) groups excluding carboxylic acids is 3. The molecule has 0 amide bonds. The highest BCUT2D eigenvalue weighted by Gasteiger charge is 2.23. The lowest BCUT2D eigenvalue weighted by Gasteiger charge is -2.26. The second-order valence-electron chi connectivity index (χ2n) is 10.9. The van der Waals surface area contributed by atoms with Crippen LogP contribution in [-0.4, -0.2) is 48.7 Å². The van der Waals surface area contributed by atoms with Gasteiger partial charge in [-0.05, 0) is 99.8 Å². The second kappa shape index (κ2) is 14.1. The van der Waals surface area contributed by atoms with Gasteiger partial charge in [0.15, 0.2) is 23.1 Å². The van der Waals surface area contributed by atoms with E-state index in [0.29, 0.717) is 51.3 Å². The smallest absolute Gasteiger partial charge is 0.311 e. The van der Waals surface area contributed by atoms with Gasteiger partial charge in [0.25, 0.3) is 0 Å². The molecule has 1 fully saturated rings. The van der Waals surface area contributed by atoms with Crippen LogP contribution in [0.15, 0.2) is 60.7 Å². The molecule has 0 aliphatic carbocycles. The summed E-state index contributed by atoms with van der Waals surface area (Å²) in [6, 6.07) is 16.7. The quantitative estimate of drug-likeness (QED) is 0.0707. The normalized spacial score (nSPS) is 13.7. The van der Waals surface area contributed by atoms with Crippen molar-refractivity contribution < 1.29 is 28.2 Å². The van der Waals surface area contributed by atoms with Gasteiger partial charge in [0.1, 0.15) is 5.75 Å². The average molecular weight is 602 g/mol. The van der Waals surface area contributed by atoms with Crippen molar-refractivity contribution in [2.75, 3.05) is 26.2 Å². The second-order valence-corrected chi connectivity index (χ2v) is 12.0. The van der Waals surface area contributed by atoms with E-state index >= 15 is 4.39 Å². The fourth-order valence-corrected chi connectivity index (χ4v) is 6.59. The van der Waals surface area contributed by atoms with E-state index in [1.165, 1.54) is 49.7 Å². The molecule has 1 aliphatic rings. The highest BCUT2D eigenvalue weighted by molar-refractivity contribution is 7.22. The van der Waals surface area contributed by atoms with Gasteiger partial charge in [0.2, 0.25) is 0 Å². The van der Waals surface area contributed by atoms with Crippen molar-refractivity contribution in [1.29, 1.82) is 0 Å². The van der Waals surface area contributed by atoms with E-state index in [1.54, 1.807) is 48.5 Å². The molecule has 2 heterocycles. The van der Waals surface area contributed by atoms with Crippen LogP contribution in [-0.2, 0) is 4.79 Å². The predicted octanol–water partition coefficient (Wildman–Crippen LogP) is 8.10. The van der Waals surface area contributed by atoms with Gasteiger partial charge in [-0.2, -0.15) is 0 Å². The zero-order valence-corrected chi connectivity index (χ0v) is 25.4. The van der Waals surface area contributed by atoms with Gasteiger partial charge in [-0.1, -0.05) is 25.5 Å². The lowest BCUT2D eigenvalue weighted by Crippen LogP contribution is -2.31. The van der Waals surface area contributed by atoms with Gasteiger partial charge in [-0.25, -0.2) is 4.39 Å². The Morgan fingerprint density at radius 2 is 1.67 bits per heavy atom. The number of rotatable bonds is 12. The molecular weight excluding hydrogens is 565 g/mol. The van der Waals surface area contributed by atoms with Crippen LogP contribution in [0.25, 0.3) is 20.5 Å². The SMILES string of the molecule is CCCC(=O)Oc1ccc(-c2sc3cc(C(C)=O)ccc3c2C(=O)c2ccc(OCCCN3CCCCC3)cc2)cc1F. The summed E-state index contributed by atoms with van der Waals surface area (Å²) in [5, 5.41) is 0.687. The minimum absolute atomic E-state index is 0.0828. The van der Waals surface area contributed by atoms with Crippen LogP contribution in [0.5, 0.6) is 11.5 Å². The zero-order valence-electron chi connectivity index (χ0n) is 24.6. The van der Waals surface area contributed by atoms with Gasteiger partial charge in [0.05, 0.1) is 6.61 Å². The van der Waals surface area contributed by atoms with E-state index < -0.39 is 11.8 Å².